The maximum atomic E-state index is 13.8. The molecule has 0 saturated carbocycles. The molecule has 1 rings (SSSR count). The van der Waals surface area contributed by atoms with Crippen LogP contribution in [0.15, 0.2) is 0 Å². The second-order valence-corrected chi connectivity index (χ2v) is 3.81. The Morgan fingerprint density at radius 3 is 1.94 bits per heavy atom. The molecule has 0 amide bonds. The summed E-state index contributed by atoms with van der Waals surface area (Å²) in [5.74, 6) is -5.57. The van der Waals surface area contributed by atoms with E-state index in [0.29, 0.717) is 19.5 Å². The molecule has 0 atom stereocenters. The quantitative estimate of drug-likeness (QED) is 0.446. The number of hydrogen-bond acceptors (Lipinski definition) is 1. The summed E-state index contributed by atoms with van der Waals surface area (Å²) >= 11 is 0. The molecule has 1 nitrogen and oxygen atoms in total. The van der Waals surface area contributed by atoms with E-state index in [2.05, 4.69) is 0 Å². The number of hydrogen-bond donors (Lipinski definition) is 0. The minimum Gasteiger partial charge on any atom is -0.367 e. The number of benzene rings is 1. The van der Waals surface area contributed by atoms with E-state index in [1.54, 1.807) is 6.92 Å². The summed E-state index contributed by atoms with van der Waals surface area (Å²) < 4.78 is 53.7. The van der Waals surface area contributed by atoms with E-state index < -0.39 is 34.5 Å². The molecule has 0 aliphatic rings. The normalized spacial score (nSPS) is 10.8. The van der Waals surface area contributed by atoms with E-state index in [1.807, 2.05) is 6.92 Å². The van der Waals surface area contributed by atoms with E-state index in [0.717, 1.165) is 6.92 Å². The van der Waals surface area contributed by atoms with Crippen LogP contribution in [0.1, 0.15) is 25.8 Å². The third-order valence-electron chi connectivity index (χ3n) is 2.65. The van der Waals surface area contributed by atoms with Crippen LogP contribution in [-0.4, -0.2) is 13.1 Å². The first kappa shape index (κ1) is 13.8. The van der Waals surface area contributed by atoms with Crippen LogP contribution in [0.25, 0.3) is 0 Å². The Balaban J connectivity index is 3.41. The third-order valence-corrected chi connectivity index (χ3v) is 2.65. The van der Waals surface area contributed by atoms with Gasteiger partial charge in [-0.2, -0.15) is 0 Å². The Hall–Kier alpha value is -1.26. The molecule has 1 aromatic carbocycles. The highest BCUT2D eigenvalue weighted by Crippen LogP contribution is 2.30. The van der Waals surface area contributed by atoms with E-state index in [-0.39, 0.29) is 0 Å². The van der Waals surface area contributed by atoms with Crippen LogP contribution in [0.4, 0.5) is 23.2 Å². The van der Waals surface area contributed by atoms with Crippen molar-refractivity contribution in [1.82, 2.24) is 0 Å². The van der Waals surface area contributed by atoms with E-state index in [9.17, 15) is 17.6 Å². The Morgan fingerprint density at radius 2 is 1.47 bits per heavy atom. The van der Waals surface area contributed by atoms with Crippen molar-refractivity contribution in [2.24, 2.45) is 0 Å². The van der Waals surface area contributed by atoms with Gasteiger partial charge in [-0.05, 0) is 20.3 Å². The standard InChI is InChI=1S/C12H15F4N/c1-4-6-17(5-2)12-9(14)7(3)8(13)10(15)11(12)16/h4-6H2,1-3H3. The minimum absolute atomic E-state index is 0.326. The predicted molar refractivity (Wildman–Crippen MR) is 59.2 cm³/mol. The lowest BCUT2D eigenvalue weighted by atomic mass is 10.1. The molecule has 0 aromatic heterocycles. The fraction of sp³-hybridized carbons (Fsp3) is 0.500. The van der Waals surface area contributed by atoms with Crippen molar-refractivity contribution in [2.45, 2.75) is 27.2 Å². The highest BCUT2D eigenvalue weighted by atomic mass is 19.2. The smallest absolute Gasteiger partial charge is 0.197 e. The van der Waals surface area contributed by atoms with Gasteiger partial charge in [0, 0.05) is 18.7 Å². The molecule has 0 aliphatic carbocycles. The van der Waals surface area contributed by atoms with Crippen LogP contribution >= 0.6 is 0 Å². The van der Waals surface area contributed by atoms with Gasteiger partial charge in [-0.25, -0.2) is 17.6 Å². The van der Waals surface area contributed by atoms with Crippen LogP contribution in [0, 0.1) is 30.2 Å². The van der Waals surface area contributed by atoms with Crippen LogP contribution in [-0.2, 0) is 0 Å². The zero-order valence-electron chi connectivity index (χ0n) is 10.1. The maximum absolute atomic E-state index is 13.8. The van der Waals surface area contributed by atoms with Crippen LogP contribution in [0.5, 0.6) is 0 Å². The minimum atomic E-state index is -1.62. The molecular formula is C12H15F4N. The maximum Gasteiger partial charge on any atom is 0.197 e. The molecule has 0 N–H and O–H groups in total. The SMILES string of the molecule is CCCN(CC)c1c(F)c(C)c(F)c(F)c1F. The zero-order chi connectivity index (χ0) is 13.2. The Labute approximate surface area is 98.0 Å². The lowest BCUT2D eigenvalue weighted by Gasteiger charge is -2.24. The fourth-order valence-electron chi connectivity index (χ4n) is 1.71. The lowest BCUT2D eigenvalue weighted by molar-refractivity contribution is 0.427. The topological polar surface area (TPSA) is 3.24 Å². The molecule has 0 fully saturated rings. The summed E-state index contributed by atoms with van der Waals surface area (Å²) in [6.45, 7) is 5.34. The van der Waals surface area contributed by atoms with Crippen LogP contribution in [0.3, 0.4) is 0 Å². The molecule has 0 radical (unpaired) electrons. The largest absolute Gasteiger partial charge is 0.367 e. The van der Waals surface area contributed by atoms with Crippen LogP contribution < -0.4 is 4.90 Å². The van der Waals surface area contributed by atoms with Crippen molar-refractivity contribution < 1.29 is 17.6 Å². The molecule has 0 heterocycles. The number of nitrogens with zero attached hydrogens (tertiary/aromatic N) is 1. The van der Waals surface area contributed by atoms with Crippen molar-refractivity contribution in [3.8, 4) is 0 Å². The molecule has 0 bridgehead atoms. The van der Waals surface area contributed by atoms with Crippen molar-refractivity contribution >= 4 is 5.69 Å². The van der Waals surface area contributed by atoms with Gasteiger partial charge < -0.3 is 4.90 Å². The molecule has 0 unspecified atom stereocenters. The van der Waals surface area contributed by atoms with Gasteiger partial charge in [0.25, 0.3) is 0 Å². The molecule has 1 aromatic rings. The van der Waals surface area contributed by atoms with Crippen molar-refractivity contribution in [3.05, 3.63) is 28.8 Å². The average molecular weight is 249 g/mol. The number of halogens is 4. The summed E-state index contributed by atoms with van der Waals surface area (Å²) in [5.41, 5.74) is -0.973. The molecule has 17 heavy (non-hydrogen) atoms. The molecule has 5 heteroatoms. The summed E-state index contributed by atoms with van der Waals surface area (Å²) in [6, 6.07) is 0. The van der Waals surface area contributed by atoms with Gasteiger partial charge in [-0.3, -0.25) is 0 Å². The summed E-state index contributed by atoms with van der Waals surface area (Å²) in [6.07, 6.45) is 0.658. The molecular weight excluding hydrogens is 234 g/mol. The summed E-state index contributed by atoms with van der Waals surface area (Å²) in [4.78, 5) is 1.36. The highest BCUT2D eigenvalue weighted by Gasteiger charge is 2.25. The molecule has 0 saturated heterocycles. The Bertz CT molecular complexity index is 388. The summed E-state index contributed by atoms with van der Waals surface area (Å²) in [5, 5.41) is 0. The van der Waals surface area contributed by atoms with Gasteiger partial charge in [0.15, 0.2) is 23.3 Å². The highest BCUT2D eigenvalue weighted by molar-refractivity contribution is 5.52. The van der Waals surface area contributed by atoms with Crippen LogP contribution in [0.2, 0.25) is 0 Å². The first-order valence-corrected chi connectivity index (χ1v) is 5.53. The number of rotatable bonds is 4. The van der Waals surface area contributed by atoms with Crippen molar-refractivity contribution in [3.63, 3.8) is 0 Å². The van der Waals surface area contributed by atoms with Crippen molar-refractivity contribution in [2.75, 3.05) is 18.0 Å². The van der Waals surface area contributed by atoms with Gasteiger partial charge in [0.1, 0.15) is 5.69 Å². The lowest BCUT2D eigenvalue weighted by Crippen LogP contribution is -2.27. The molecule has 0 aliphatic heterocycles. The van der Waals surface area contributed by atoms with Gasteiger partial charge in [0.05, 0.1) is 0 Å². The van der Waals surface area contributed by atoms with Gasteiger partial charge in [0.2, 0.25) is 0 Å². The fourth-order valence-corrected chi connectivity index (χ4v) is 1.71. The second kappa shape index (κ2) is 5.38. The van der Waals surface area contributed by atoms with E-state index in [4.69, 9.17) is 0 Å². The molecule has 96 valence electrons. The van der Waals surface area contributed by atoms with E-state index >= 15 is 0 Å². The van der Waals surface area contributed by atoms with Gasteiger partial charge >= 0.3 is 0 Å². The molecule has 0 spiro atoms. The van der Waals surface area contributed by atoms with Gasteiger partial charge in [-0.1, -0.05) is 6.92 Å². The monoisotopic (exact) mass is 249 g/mol. The average Bonchev–Trinajstić information content (AvgIpc) is 2.33. The third kappa shape index (κ3) is 2.37. The first-order valence-electron chi connectivity index (χ1n) is 5.53. The Kier molecular flexibility index (Phi) is 4.37. The summed E-state index contributed by atoms with van der Waals surface area (Å²) in [7, 11) is 0. The predicted octanol–water partition coefficient (Wildman–Crippen LogP) is 3.79. The van der Waals surface area contributed by atoms with Gasteiger partial charge in [-0.15, -0.1) is 0 Å². The first-order chi connectivity index (χ1) is 7.95. The number of anilines is 1. The zero-order valence-corrected chi connectivity index (χ0v) is 10.1. The Morgan fingerprint density at radius 1 is 0.882 bits per heavy atom. The van der Waals surface area contributed by atoms with Crippen molar-refractivity contribution in [1.29, 1.82) is 0 Å². The second-order valence-electron chi connectivity index (χ2n) is 3.81. The van der Waals surface area contributed by atoms with E-state index in [1.165, 1.54) is 4.90 Å².